The summed E-state index contributed by atoms with van der Waals surface area (Å²) in [7, 11) is 0. The average molecular weight is 437 g/mol. The molecule has 0 aliphatic rings. The quantitative estimate of drug-likeness (QED) is 0.405. The fraction of sp³-hybridized carbons (Fsp3) is 0.182. The van der Waals surface area contributed by atoms with E-state index in [0.29, 0.717) is 22.5 Å². The van der Waals surface area contributed by atoms with Crippen LogP contribution in [0, 0.1) is 20.8 Å². The summed E-state index contributed by atoms with van der Waals surface area (Å²) in [5.74, 6) is 1.08. The number of aryl methyl sites for hydroxylation is 3. The van der Waals surface area contributed by atoms with E-state index in [1.807, 2.05) is 68.6 Å². The Morgan fingerprint density at radius 3 is 2.47 bits per heavy atom. The molecule has 0 spiro atoms. The number of amides is 1. The highest BCUT2D eigenvalue weighted by atomic mass is 32.2. The molecule has 0 saturated carbocycles. The second-order valence-electron chi connectivity index (χ2n) is 6.78. The van der Waals surface area contributed by atoms with E-state index in [9.17, 15) is 4.79 Å². The van der Waals surface area contributed by atoms with Crippen LogP contribution in [0.15, 0.2) is 62.3 Å². The van der Waals surface area contributed by atoms with Crippen LogP contribution in [0.4, 0.5) is 5.69 Å². The highest BCUT2D eigenvalue weighted by Crippen LogP contribution is 2.27. The number of nitrogens with zero attached hydrogens (tertiary/aromatic N) is 3. The van der Waals surface area contributed by atoms with E-state index in [0.717, 1.165) is 26.8 Å². The second-order valence-corrected chi connectivity index (χ2v) is 8.77. The van der Waals surface area contributed by atoms with Crippen molar-refractivity contribution in [3.63, 3.8) is 0 Å². The van der Waals surface area contributed by atoms with Gasteiger partial charge in [0, 0.05) is 22.0 Å². The smallest absolute Gasteiger partial charge is 0.236 e. The maximum atomic E-state index is 12.5. The molecule has 0 radical (unpaired) electrons. The van der Waals surface area contributed by atoms with Crippen molar-refractivity contribution >= 4 is 34.7 Å². The third-order valence-corrected chi connectivity index (χ3v) is 5.99. The maximum absolute atomic E-state index is 12.5. The fourth-order valence-electron chi connectivity index (χ4n) is 2.91. The van der Waals surface area contributed by atoms with Crippen LogP contribution in [0.5, 0.6) is 0 Å². The summed E-state index contributed by atoms with van der Waals surface area (Å²) in [6.45, 7) is 5.74. The van der Waals surface area contributed by atoms with E-state index in [4.69, 9.17) is 4.42 Å². The highest BCUT2D eigenvalue weighted by Gasteiger charge is 2.15. The van der Waals surface area contributed by atoms with Gasteiger partial charge in [-0.3, -0.25) is 4.79 Å². The summed E-state index contributed by atoms with van der Waals surface area (Å²) >= 11 is 3.05. The monoisotopic (exact) mass is 436 g/mol. The third-order valence-electron chi connectivity index (χ3n) is 4.26. The number of rotatable bonds is 6. The number of thiophene rings is 1. The number of hydrogen-bond acceptors (Lipinski definition) is 7. The van der Waals surface area contributed by atoms with Crippen molar-refractivity contribution in [3.8, 4) is 10.8 Å². The predicted molar refractivity (Wildman–Crippen MR) is 119 cm³/mol. The Kier molecular flexibility index (Phi) is 5.96. The number of benzene rings is 1. The minimum Gasteiger partial charge on any atom is -0.440 e. The topological polar surface area (TPSA) is 80.9 Å². The molecule has 0 unspecified atom stereocenters. The molecule has 0 bridgehead atoms. The van der Waals surface area contributed by atoms with Crippen molar-refractivity contribution in [3.05, 3.63) is 70.7 Å². The van der Waals surface area contributed by atoms with E-state index in [2.05, 4.69) is 20.3 Å². The zero-order valence-corrected chi connectivity index (χ0v) is 18.4. The van der Waals surface area contributed by atoms with Crippen LogP contribution in [0.25, 0.3) is 10.8 Å². The molecule has 3 heterocycles. The lowest BCUT2D eigenvalue weighted by Crippen LogP contribution is -2.15. The van der Waals surface area contributed by atoms with Crippen molar-refractivity contribution in [1.82, 2.24) is 15.0 Å². The lowest BCUT2D eigenvalue weighted by atomic mass is 10.2. The normalized spacial score (nSPS) is 10.9. The van der Waals surface area contributed by atoms with Crippen molar-refractivity contribution < 1.29 is 9.21 Å². The van der Waals surface area contributed by atoms with Crippen LogP contribution < -0.4 is 5.32 Å². The van der Waals surface area contributed by atoms with Crippen LogP contribution in [0.2, 0.25) is 0 Å². The maximum Gasteiger partial charge on any atom is 0.236 e. The lowest BCUT2D eigenvalue weighted by molar-refractivity contribution is -0.115. The van der Waals surface area contributed by atoms with Crippen LogP contribution in [0.1, 0.15) is 22.8 Å². The molecule has 3 aromatic heterocycles. The Bertz CT molecular complexity index is 1150. The Morgan fingerprint density at radius 2 is 1.80 bits per heavy atom. The largest absolute Gasteiger partial charge is 0.440 e. The van der Waals surface area contributed by atoms with Gasteiger partial charge >= 0.3 is 0 Å². The zero-order chi connectivity index (χ0) is 21.1. The van der Waals surface area contributed by atoms with Gasteiger partial charge in [0.15, 0.2) is 5.16 Å². The van der Waals surface area contributed by atoms with Crippen LogP contribution in [-0.4, -0.2) is 20.9 Å². The molecule has 0 aliphatic heterocycles. The van der Waals surface area contributed by atoms with Gasteiger partial charge in [-0.2, -0.15) is 0 Å². The Hall–Kier alpha value is -2.97. The minimum atomic E-state index is -0.137. The molecule has 0 aliphatic carbocycles. The molecule has 6 nitrogen and oxygen atoms in total. The van der Waals surface area contributed by atoms with Gasteiger partial charge in [0.25, 0.3) is 0 Å². The number of carbonyl (C=O) groups is 1. The molecule has 8 heteroatoms. The predicted octanol–water partition coefficient (Wildman–Crippen LogP) is 5.45. The summed E-state index contributed by atoms with van der Waals surface area (Å²) < 4.78 is 5.70. The summed E-state index contributed by atoms with van der Waals surface area (Å²) in [4.78, 5) is 27.8. The van der Waals surface area contributed by atoms with Gasteiger partial charge in [-0.25, -0.2) is 15.0 Å². The number of carbonyl (C=O) groups excluding carboxylic acids is 1. The molecule has 0 fully saturated rings. The van der Waals surface area contributed by atoms with Crippen molar-refractivity contribution in [2.75, 3.05) is 5.32 Å². The minimum absolute atomic E-state index is 0.137. The molecule has 0 atom stereocenters. The van der Waals surface area contributed by atoms with Gasteiger partial charge in [-0.15, -0.1) is 11.3 Å². The van der Waals surface area contributed by atoms with Crippen LogP contribution in [0.3, 0.4) is 0 Å². The molecule has 1 N–H and O–H groups in total. The van der Waals surface area contributed by atoms with Gasteiger partial charge in [0.1, 0.15) is 5.76 Å². The summed E-state index contributed by atoms with van der Waals surface area (Å²) in [5, 5.41) is 5.60. The third kappa shape index (κ3) is 4.95. The summed E-state index contributed by atoms with van der Waals surface area (Å²) in [6, 6.07) is 13.5. The average Bonchev–Trinajstić information content (AvgIpc) is 3.33. The van der Waals surface area contributed by atoms with Crippen molar-refractivity contribution in [2.24, 2.45) is 0 Å². The lowest BCUT2D eigenvalue weighted by Gasteiger charge is -2.06. The number of anilines is 1. The number of oxazole rings is 1. The molecule has 0 saturated heterocycles. The molecular formula is C22H20N4O2S2. The molecule has 1 aromatic carbocycles. The van der Waals surface area contributed by atoms with E-state index >= 15 is 0 Å². The van der Waals surface area contributed by atoms with Crippen LogP contribution in [-0.2, 0) is 11.2 Å². The molecule has 4 aromatic rings. The molecule has 30 heavy (non-hydrogen) atoms. The Balaban J connectivity index is 1.38. The number of nitrogens with one attached hydrogen (secondary N) is 1. The molecule has 152 valence electrons. The number of aromatic nitrogens is 3. The summed E-state index contributed by atoms with van der Waals surface area (Å²) in [6.07, 6.45) is 0.160. The first-order valence-electron chi connectivity index (χ1n) is 9.36. The van der Waals surface area contributed by atoms with E-state index in [1.54, 1.807) is 11.3 Å². The first-order valence-corrected chi connectivity index (χ1v) is 11.1. The van der Waals surface area contributed by atoms with E-state index in [1.165, 1.54) is 11.8 Å². The SMILES string of the molecule is Cc1cc(C)nc(Sc2ccc(NC(=O)Cc3nc(-c4cccs4)oc3C)cc2)n1. The first kappa shape index (κ1) is 20.3. The van der Waals surface area contributed by atoms with E-state index < -0.39 is 0 Å². The highest BCUT2D eigenvalue weighted by molar-refractivity contribution is 7.99. The van der Waals surface area contributed by atoms with Gasteiger partial charge < -0.3 is 9.73 Å². The van der Waals surface area contributed by atoms with Crippen LogP contribution >= 0.6 is 23.1 Å². The molecule has 1 amide bonds. The second kappa shape index (κ2) is 8.81. The fourth-order valence-corrected chi connectivity index (χ4v) is 4.42. The summed E-state index contributed by atoms with van der Waals surface area (Å²) in [5.41, 5.74) is 3.26. The van der Waals surface area contributed by atoms with Gasteiger partial charge in [-0.05, 0) is 74.3 Å². The Morgan fingerprint density at radius 1 is 1.07 bits per heavy atom. The Labute approximate surface area is 182 Å². The zero-order valence-electron chi connectivity index (χ0n) is 16.8. The van der Waals surface area contributed by atoms with Gasteiger partial charge in [0.2, 0.25) is 11.8 Å². The molecular weight excluding hydrogens is 416 g/mol. The van der Waals surface area contributed by atoms with Crippen molar-refractivity contribution in [2.45, 2.75) is 37.2 Å². The van der Waals surface area contributed by atoms with E-state index in [-0.39, 0.29) is 12.3 Å². The molecule has 4 rings (SSSR count). The van der Waals surface area contributed by atoms with Gasteiger partial charge in [-0.1, -0.05) is 6.07 Å². The number of hydrogen-bond donors (Lipinski definition) is 1. The first-order chi connectivity index (χ1) is 14.5. The van der Waals surface area contributed by atoms with Crippen molar-refractivity contribution in [1.29, 1.82) is 0 Å². The standard InChI is InChI=1S/C22H20N4O2S2/c1-13-11-14(2)24-22(23-13)30-17-8-6-16(7-9-17)25-20(27)12-18-15(3)28-21(26-18)19-5-4-10-29-19/h4-11H,12H2,1-3H3,(H,25,27). The van der Waals surface area contributed by atoms with Gasteiger partial charge in [0.05, 0.1) is 17.0 Å².